The first-order valence-corrected chi connectivity index (χ1v) is 9.24. The molecule has 0 bridgehead atoms. The first kappa shape index (κ1) is 17.7. The van der Waals surface area contributed by atoms with E-state index in [0.717, 1.165) is 16.7 Å². The summed E-state index contributed by atoms with van der Waals surface area (Å²) >= 11 is 6.99. The van der Waals surface area contributed by atoms with Crippen molar-refractivity contribution in [1.29, 1.82) is 0 Å². The fourth-order valence-electron chi connectivity index (χ4n) is 1.66. The smallest absolute Gasteiger partial charge is 0.285 e. The maximum atomic E-state index is 12.3. The Bertz CT molecular complexity index is 806. The van der Waals surface area contributed by atoms with Crippen LogP contribution < -0.4 is 4.72 Å². The van der Waals surface area contributed by atoms with Gasteiger partial charge in [0.15, 0.2) is 0 Å². The topological polar surface area (TPSA) is 66.5 Å². The number of amides is 1. The number of thioether (sulfide) groups is 1. The third-order valence-electron chi connectivity index (χ3n) is 2.80. The monoisotopic (exact) mass is 370 g/mol. The van der Waals surface area contributed by atoms with E-state index in [1.54, 1.807) is 50.5 Å². The third kappa shape index (κ3) is 4.63. The van der Waals surface area contributed by atoms with E-state index in [2.05, 4.69) is 4.72 Å². The van der Waals surface area contributed by atoms with E-state index in [4.69, 9.17) is 11.6 Å². The zero-order chi connectivity index (χ0) is 17.0. The van der Waals surface area contributed by atoms with Crippen molar-refractivity contribution in [3.8, 4) is 0 Å². The van der Waals surface area contributed by atoms with Gasteiger partial charge in [-0.05, 0) is 48.2 Å². The van der Waals surface area contributed by atoms with E-state index in [-0.39, 0.29) is 15.2 Å². The van der Waals surface area contributed by atoms with Gasteiger partial charge in [0.05, 0.1) is 5.02 Å². The van der Waals surface area contributed by atoms with E-state index >= 15 is 0 Å². The summed E-state index contributed by atoms with van der Waals surface area (Å²) in [6.45, 7) is 0. The van der Waals surface area contributed by atoms with Crippen LogP contribution >= 0.6 is 23.4 Å². The highest BCUT2D eigenvalue weighted by Gasteiger charge is 2.17. The summed E-state index contributed by atoms with van der Waals surface area (Å²) < 4.78 is 27.1. The van der Waals surface area contributed by atoms with Crippen LogP contribution in [-0.4, -0.2) is 32.7 Å². The highest BCUT2D eigenvalue weighted by molar-refractivity contribution is 8.13. The second-order valence-corrected chi connectivity index (χ2v) is 7.91. The number of carbonyl (C=O) groups excluding carboxylic acids is 1. The molecule has 23 heavy (non-hydrogen) atoms. The largest absolute Gasteiger partial charge is 0.339 e. The normalized spacial score (nSPS) is 11.1. The summed E-state index contributed by atoms with van der Waals surface area (Å²) in [6.07, 6.45) is 0. The van der Waals surface area contributed by atoms with Crippen molar-refractivity contribution in [2.45, 2.75) is 9.79 Å². The molecule has 2 aromatic carbocycles. The molecule has 122 valence electrons. The number of nitrogens with zero attached hydrogens (tertiary/aromatic N) is 1. The van der Waals surface area contributed by atoms with Crippen LogP contribution in [0.5, 0.6) is 0 Å². The Morgan fingerprint density at radius 1 is 1.09 bits per heavy atom. The van der Waals surface area contributed by atoms with E-state index < -0.39 is 10.0 Å². The molecular formula is C15H15ClN2O3S2. The minimum Gasteiger partial charge on any atom is -0.339 e. The number of carbonyl (C=O) groups is 1. The summed E-state index contributed by atoms with van der Waals surface area (Å²) in [5.41, 5.74) is 0.395. The molecular weight excluding hydrogens is 356 g/mol. The van der Waals surface area contributed by atoms with Gasteiger partial charge in [0.1, 0.15) is 4.90 Å². The number of halogens is 1. The number of benzene rings is 2. The van der Waals surface area contributed by atoms with Crippen LogP contribution in [0.15, 0.2) is 58.3 Å². The molecule has 8 heteroatoms. The number of hydrogen-bond donors (Lipinski definition) is 1. The van der Waals surface area contributed by atoms with Crippen LogP contribution in [0.25, 0.3) is 0 Å². The molecule has 0 aliphatic rings. The summed E-state index contributed by atoms with van der Waals surface area (Å²) in [4.78, 5) is 13.8. The van der Waals surface area contributed by atoms with Crippen molar-refractivity contribution in [2.75, 3.05) is 18.8 Å². The molecule has 0 unspecified atom stereocenters. The summed E-state index contributed by atoms with van der Waals surface area (Å²) in [7, 11) is -0.421. The number of rotatable bonds is 4. The van der Waals surface area contributed by atoms with E-state index in [1.165, 1.54) is 17.0 Å². The van der Waals surface area contributed by atoms with Crippen molar-refractivity contribution >= 4 is 44.3 Å². The number of nitrogens with one attached hydrogen (secondary N) is 1. The van der Waals surface area contributed by atoms with Gasteiger partial charge in [-0.3, -0.25) is 9.52 Å². The van der Waals surface area contributed by atoms with Crippen LogP contribution in [0, 0.1) is 0 Å². The van der Waals surface area contributed by atoms with E-state index in [1.807, 2.05) is 0 Å². The molecule has 0 aromatic heterocycles. The van der Waals surface area contributed by atoms with Gasteiger partial charge in [0, 0.05) is 24.7 Å². The fraction of sp³-hybridized carbons (Fsp3) is 0.133. The second kappa shape index (κ2) is 7.25. The van der Waals surface area contributed by atoms with Gasteiger partial charge in [-0.15, -0.1) is 0 Å². The van der Waals surface area contributed by atoms with Crippen LogP contribution in [0.4, 0.5) is 10.5 Å². The van der Waals surface area contributed by atoms with Crippen molar-refractivity contribution in [2.24, 2.45) is 0 Å². The maximum absolute atomic E-state index is 12.3. The Hall–Kier alpha value is -1.70. The number of hydrogen-bond acceptors (Lipinski definition) is 4. The van der Waals surface area contributed by atoms with Crippen molar-refractivity contribution < 1.29 is 13.2 Å². The fourth-order valence-corrected chi connectivity index (χ4v) is 3.89. The minimum absolute atomic E-state index is 0.0166. The molecule has 0 aliphatic heterocycles. The van der Waals surface area contributed by atoms with E-state index in [0.29, 0.717) is 5.69 Å². The van der Waals surface area contributed by atoms with Crippen molar-refractivity contribution in [3.63, 3.8) is 0 Å². The molecule has 1 amide bonds. The predicted molar refractivity (Wildman–Crippen MR) is 93.6 cm³/mol. The van der Waals surface area contributed by atoms with Crippen LogP contribution in [0.1, 0.15) is 0 Å². The Kier molecular flexibility index (Phi) is 5.56. The van der Waals surface area contributed by atoms with Gasteiger partial charge >= 0.3 is 0 Å². The molecule has 0 atom stereocenters. The van der Waals surface area contributed by atoms with Crippen LogP contribution in [-0.2, 0) is 10.0 Å². The Morgan fingerprint density at radius 2 is 1.70 bits per heavy atom. The first-order valence-electron chi connectivity index (χ1n) is 6.56. The van der Waals surface area contributed by atoms with Crippen LogP contribution in [0.3, 0.4) is 0 Å². The molecule has 2 rings (SSSR count). The van der Waals surface area contributed by atoms with Gasteiger partial charge in [-0.25, -0.2) is 8.42 Å². The number of sulfonamides is 1. The minimum atomic E-state index is -3.76. The quantitative estimate of drug-likeness (QED) is 0.828. The Morgan fingerprint density at radius 3 is 2.26 bits per heavy atom. The van der Waals surface area contributed by atoms with E-state index in [9.17, 15) is 13.2 Å². The Labute approximate surface area is 144 Å². The molecule has 2 aromatic rings. The lowest BCUT2D eigenvalue weighted by Gasteiger charge is -2.11. The molecule has 0 fully saturated rings. The highest BCUT2D eigenvalue weighted by atomic mass is 35.5. The third-order valence-corrected chi connectivity index (χ3v) is 5.73. The first-order chi connectivity index (χ1) is 10.8. The zero-order valence-electron chi connectivity index (χ0n) is 12.5. The molecule has 5 nitrogen and oxygen atoms in total. The van der Waals surface area contributed by atoms with Gasteiger partial charge in [-0.2, -0.15) is 0 Å². The van der Waals surface area contributed by atoms with Crippen molar-refractivity contribution in [3.05, 3.63) is 53.6 Å². The second-order valence-electron chi connectivity index (χ2n) is 4.82. The summed E-state index contributed by atoms with van der Waals surface area (Å²) in [5.74, 6) is 0. The molecule has 0 radical (unpaired) electrons. The summed E-state index contributed by atoms with van der Waals surface area (Å²) in [5, 5.41) is 0.0538. The predicted octanol–water partition coefficient (Wildman–Crippen LogP) is 3.91. The molecule has 0 spiro atoms. The average molecular weight is 371 g/mol. The number of anilines is 1. The van der Waals surface area contributed by atoms with Gasteiger partial charge < -0.3 is 4.90 Å². The Balaban J connectivity index is 2.15. The van der Waals surface area contributed by atoms with Gasteiger partial charge in [0.2, 0.25) is 0 Å². The molecule has 0 saturated carbocycles. The molecule has 0 saturated heterocycles. The lowest BCUT2D eigenvalue weighted by atomic mass is 10.3. The van der Waals surface area contributed by atoms with Crippen LogP contribution in [0.2, 0.25) is 5.02 Å². The molecule has 0 heterocycles. The lowest BCUT2D eigenvalue weighted by Crippen LogP contribution is -2.16. The maximum Gasteiger partial charge on any atom is 0.285 e. The molecule has 1 N–H and O–H groups in total. The lowest BCUT2D eigenvalue weighted by molar-refractivity contribution is 0.241. The van der Waals surface area contributed by atoms with Crippen molar-refractivity contribution in [1.82, 2.24) is 4.90 Å². The van der Waals surface area contributed by atoms with Gasteiger partial charge in [-0.1, -0.05) is 23.7 Å². The highest BCUT2D eigenvalue weighted by Crippen LogP contribution is 2.26. The zero-order valence-corrected chi connectivity index (χ0v) is 14.9. The SMILES string of the molecule is CN(C)C(=O)Sc1ccc(NS(=O)(=O)c2ccccc2Cl)cc1. The average Bonchev–Trinajstić information content (AvgIpc) is 2.49. The van der Waals surface area contributed by atoms with Gasteiger partial charge in [0.25, 0.3) is 15.3 Å². The molecule has 0 aliphatic carbocycles. The summed E-state index contributed by atoms with van der Waals surface area (Å²) in [6, 6.07) is 12.8. The standard InChI is InChI=1S/C15H15ClN2O3S2/c1-18(2)15(19)22-12-9-7-11(8-10-12)17-23(20,21)14-6-4-3-5-13(14)16/h3-10,17H,1-2H3.